The molecule has 0 fully saturated rings. The van der Waals surface area contributed by atoms with Crippen LogP contribution in [0.15, 0.2) is 66.7 Å². The maximum absolute atomic E-state index is 12.9. The number of aryl methyl sites for hydroxylation is 3. The van der Waals surface area contributed by atoms with E-state index in [1.54, 1.807) is 16.8 Å². The van der Waals surface area contributed by atoms with Crippen molar-refractivity contribution in [3.63, 3.8) is 0 Å². The van der Waals surface area contributed by atoms with Crippen molar-refractivity contribution < 1.29 is 4.79 Å². The number of nitrogens with zero attached hydrogens (tertiary/aromatic N) is 3. The van der Waals surface area contributed by atoms with Crippen molar-refractivity contribution in [2.75, 3.05) is 5.32 Å². The number of amides is 1. The Hall–Kier alpha value is -3.44. The van der Waals surface area contributed by atoms with E-state index in [9.17, 15) is 4.79 Å². The molecule has 0 bridgehead atoms. The first-order valence-electron chi connectivity index (χ1n) is 9.59. The van der Waals surface area contributed by atoms with E-state index in [4.69, 9.17) is 11.6 Å². The Kier molecular flexibility index (Phi) is 5.38. The highest BCUT2D eigenvalue weighted by atomic mass is 35.5. The lowest BCUT2D eigenvalue weighted by Gasteiger charge is -2.08. The van der Waals surface area contributed by atoms with Gasteiger partial charge in [0.2, 0.25) is 5.82 Å². The molecule has 1 N–H and O–H groups in total. The van der Waals surface area contributed by atoms with Crippen molar-refractivity contribution in [3.8, 4) is 17.1 Å². The zero-order valence-corrected chi connectivity index (χ0v) is 17.7. The van der Waals surface area contributed by atoms with Crippen LogP contribution in [0.25, 0.3) is 17.1 Å². The van der Waals surface area contributed by atoms with Crippen LogP contribution in [-0.2, 0) is 0 Å². The van der Waals surface area contributed by atoms with Crippen molar-refractivity contribution in [1.82, 2.24) is 14.8 Å². The molecule has 1 aromatic heterocycles. The van der Waals surface area contributed by atoms with E-state index in [2.05, 4.69) is 22.3 Å². The minimum atomic E-state index is -0.363. The fourth-order valence-electron chi connectivity index (χ4n) is 3.14. The van der Waals surface area contributed by atoms with Gasteiger partial charge in [-0.05, 0) is 86.0 Å². The number of hydrogen-bond donors (Lipinski definition) is 1. The lowest BCUT2D eigenvalue weighted by Crippen LogP contribution is -2.14. The lowest BCUT2D eigenvalue weighted by molar-refractivity contribution is 0.101. The minimum absolute atomic E-state index is 0.0969. The highest BCUT2D eigenvalue weighted by molar-refractivity contribution is 6.30. The molecule has 1 amide bonds. The third kappa shape index (κ3) is 4.11. The van der Waals surface area contributed by atoms with Crippen LogP contribution in [0.5, 0.6) is 0 Å². The number of rotatable bonds is 4. The maximum atomic E-state index is 12.9. The van der Waals surface area contributed by atoms with Gasteiger partial charge in [0.05, 0.1) is 5.69 Å². The van der Waals surface area contributed by atoms with Crippen LogP contribution in [-0.4, -0.2) is 20.7 Å². The van der Waals surface area contributed by atoms with Gasteiger partial charge in [-0.25, -0.2) is 9.67 Å². The Morgan fingerprint density at radius 3 is 2.40 bits per heavy atom. The molecule has 1 heterocycles. The first-order valence-corrected chi connectivity index (χ1v) is 9.97. The van der Waals surface area contributed by atoms with Gasteiger partial charge in [-0.3, -0.25) is 4.79 Å². The molecule has 0 aliphatic carbocycles. The molecular formula is C24H21ClN4O. The summed E-state index contributed by atoms with van der Waals surface area (Å²) in [7, 11) is 0. The van der Waals surface area contributed by atoms with Crippen molar-refractivity contribution >= 4 is 23.2 Å². The molecule has 0 radical (unpaired) electrons. The summed E-state index contributed by atoms with van der Waals surface area (Å²) in [6, 6.07) is 21.0. The third-order valence-electron chi connectivity index (χ3n) is 4.92. The van der Waals surface area contributed by atoms with E-state index < -0.39 is 0 Å². The quantitative estimate of drug-likeness (QED) is 0.459. The average molecular weight is 417 g/mol. The molecule has 3 aromatic carbocycles. The van der Waals surface area contributed by atoms with E-state index in [0.717, 1.165) is 22.4 Å². The molecule has 0 atom stereocenters. The van der Waals surface area contributed by atoms with E-state index >= 15 is 0 Å². The second-order valence-corrected chi connectivity index (χ2v) is 7.71. The van der Waals surface area contributed by atoms with Crippen LogP contribution in [0.3, 0.4) is 0 Å². The maximum Gasteiger partial charge on any atom is 0.295 e. The number of anilines is 1. The topological polar surface area (TPSA) is 59.8 Å². The smallest absolute Gasteiger partial charge is 0.295 e. The molecular weight excluding hydrogens is 396 g/mol. The van der Waals surface area contributed by atoms with E-state index in [1.165, 1.54) is 5.56 Å². The number of hydrogen-bond acceptors (Lipinski definition) is 3. The van der Waals surface area contributed by atoms with Gasteiger partial charge in [-0.2, -0.15) is 0 Å². The summed E-state index contributed by atoms with van der Waals surface area (Å²) in [5, 5.41) is 8.04. The van der Waals surface area contributed by atoms with Gasteiger partial charge in [-0.1, -0.05) is 29.8 Å². The first-order chi connectivity index (χ1) is 14.4. The Labute approximate surface area is 180 Å². The molecule has 0 unspecified atom stereocenters. The second-order valence-electron chi connectivity index (χ2n) is 7.27. The van der Waals surface area contributed by atoms with Crippen LogP contribution in [0.2, 0.25) is 5.02 Å². The summed E-state index contributed by atoms with van der Waals surface area (Å²) in [5.41, 5.74) is 5.74. The summed E-state index contributed by atoms with van der Waals surface area (Å²) in [6.45, 7) is 6.07. The Balaban J connectivity index is 1.77. The van der Waals surface area contributed by atoms with Gasteiger partial charge in [-0.15, -0.1) is 5.10 Å². The van der Waals surface area contributed by atoms with E-state index in [1.807, 2.05) is 68.4 Å². The standard InChI is InChI=1S/C24H21ClN4O/c1-15-5-4-6-20(13-15)26-24(30)22-27-23(18-8-10-19(25)11-9-18)29(28-22)21-12-7-16(2)17(3)14-21/h4-14H,1-3H3,(H,26,30). The van der Waals surface area contributed by atoms with Crippen LogP contribution in [0.1, 0.15) is 27.3 Å². The van der Waals surface area contributed by atoms with Crippen LogP contribution in [0.4, 0.5) is 5.69 Å². The molecule has 0 aliphatic rings. The van der Waals surface area contributed by atoms with Gasteiger partial charge in [0, 0.05) is 16.3 Å². The zero-order chi connectivity index (χ0) is 21.3. The van der Waals surface area contributed by atoms with Crippen molar-refractivity contribution in [1.29, 1.82) is 0 Å². The fraction of sp³-hybridized carbons (Fsp3) is 0.125. The minimum Gasteiger partial charge on any atom is -0.319 e. The molecule has 4 rings (SSSR count). The monoisotopic (exact) mass is 416 g/mol. The number of halogens is 1. The number of nitrogens with one attached hydrogen (secondary N) is 1. The first kappa shape index (κ1) is 19.9. The SMILES string of the molecule is Cc1cccc(NC(=O)c2nc(-c3ccc(Cl)cc3)n(-c3ccc(C)c(C)c3)n2)c1. The lowest BCUT2D eigenvalue weighted by atomic mass is 10.1. The summed E-state index contributed by atoms with van der Waals surface area (Å²) < 4.78 is 1.70. The van der Waals surface area contributed by atoms with Gasteiger partial charge >= 0.3 is 0 Å². The molecule has 150 valence electrons. The van der Waals surface area contributed by atoms with Crippen molar-refractivity contribution in [2.45, 2.75) is 20.8 Å². The molecule has 5 nitrogen and oxygen atoms in total. The largest absolute Gasteiger partial charge is 0.319 e. The molecule has 0 aliphatic heterocycles. The van der Waals surface area contributed by atoms with Gasteiger partial charge in [0.15, 0.2) is 5.82 Å². The van der Waals surface area contributed by atoms with Gasteiger partial charge in [0.1, 0.15) is 0 Å². The van der Waals surface area contributed by atoms with Gasteiger partial charge in [0.25, 0.3) is 5.91 Å². The summed E-state index contributed by atoms with van der Waals surface area (Å²) in [6.07, 6.45) is 0. The predicted octanol–water partition coefficient (Wildman–Crippen LogP) is 5.77. The summed E-state index contributed by atoms with van der Waals surface area (Å²) in [5.74, 6) is 0.308. The fourth-order valence-corrected chi connectivity index (χ4v) is 3.27. The number of carbonyl (C=O) groups excluding carboxylic acids is 1. The summed E-state index contributed by atoms with van der Waals surface area (Å²) >= 11 is 6.05. The van der Waals surface area contributed by atoms with Gasteiger partial charge < -0.3 is 5.32 Å². The number of benzene rings is 3. The number of carbonyl (C=O) groups is 1. The highest BCUT2D eigenvalue weighted by Crippen LogP contribution is 2.24. The molecule has 6 heteroatoms. The van der Waals surface area contributed by atoms with Crippen LogP contribution >= 0.6 is 11.6 Å². The van der Waals surface area contributed by atoms with E-state index in [0.29, 0.717) is 16.5 Å². The Morgan fingerprint density at radius 1 is 0.933 bits per heavy atom. The second kappa shape index (κ2) is 8.13. The zero-order valence-electron chi connectivity index (χ0n) is 17.0. The number of aromatic nitrogens is 3. The Morgan fingerprint density at radius 2 is 1.70 bits per heavy atom. The predicted molar refractivity (Wildman–Crippen MR) is 120 cm³/mol. The summed E-state index contributed by atoms with van der Waals surface area (Å²) in [4.78, 5) is 17.4. The molecule has 0 saturated carbocycles. The molecule has 4 aromatic rings. The van der Waals surface area contributed by atoms with Crippen LogP contribution < -0.4 is 5.32 Å². The van der Waals surface area contributed by atoms with Crippen LogP contribution in [0, 0.1) is 20.8 Å². The average Bonchev–Trinajstić information content (AvgIpc) is 3.16. The normalized spacial score (nSPS) is 10.8. The Bertz CT molecular complexity index is 1230. The highest BCUT2D eigenvalue weighted by Gasteiger charge is 2.19. The van der Waals surface area contributed by atoms with E-state index in [-0.39, 0.29) is 11.7 Å². The molecule has 0 saturated heterocycles. The van der Waals surface area contributed by atoms with Crippen molar-refractivity contribution in [3.05, 3.63) is 94.3 Å². The van der Waals surface area contributed by atoms with Crippen molar-refractivity contribution in [2.24, 2.45) is 0 Å². The molecule has 0 spiro atoms. The third-order valence-corrected chi connectivity index (χ3v) is 5.18. The molecule has 30 heavy (non-hydrogen) atoms.